The molecule has 1 aromatic rings. The molecular weight excluding hydrogens is 426 g/mol. The number of hydrogen-bond acceptors (Lipinski definition) is 4. The Morgan fingerprint density at radius 1 is 1.06 bits per heavy atom. The fourth-order valence-electron chi connectivity index (χ4n) is 4.77. The maximum absolute atomic E-state index is 13.7. The van der Waals surface area contributed by atoms with E-state index >= 15 is 0 Å². The summed E-state index contributed by atoms with van der Waals surface area (Å²) < 4.78 is 26.4. The highest BCUT2D eigenvalue weighted by molar-refractivity contribution is 7.89. The van der Waals surface area contributed by atoms with Gasteiger partial charge in [0.1, 0.15) is 5.54 Å². The molecule has 0 aromatic heterocycles. The summed E-state index contributed by atoms with van der Waals surface area (Å²) in [4.78, 5) is 28.5. The van der Waals surface area contributed by atoms with E-state index in [1.807, 2.05) is 24.3 Å². The second kappa shape index (κ2) is 10.3. The smallest absolute Gasteiger partial charge is 0.247 e. The van der Waals surface area contributed by atoms with E-state index in [-0.39, 0.29) is 36.7 Å². The highest BCUT2D eigenvalue weighted by Crippen LogP contribution is 2.31. The molecule has 178 valence electrons. The van der Waals surface area contributed by atoms with Crippen LogP contribution in [-0.2, 0) is 26.0 Å². The summed E-state index contributed by atoms with van der Waals surface area (Å²) in [5, 5.41) is 3.18. The Labute approximate surface area is 192 Å². The first-order chi connectivity index (χ1) is 15.2. The predicted molar refractivity (Wildman–Crippen MR) is 127 cm³/mol. The highest BCUT2D eigenvalue weighted by Gasteiger charge is 2.50. The van der Waals surface area contributed by atoms with Crippen LogP contribution in [0.3, 0.4) is 0 Å². The van der Waals surface area contributed by atoms with Crippen LogP contribution in [0, 0.1) is 0 Å². The molecule has 2 amide bonds. The first-order valence-corrected chi connectivity index (χ1v) is 13.5. The number of nitrogens with zero attached hydrogens (tertiary/aromatic N) is 2. The van der Waals surface area contributed by atoms with Crippen molar-refractivity contribution in [1.82, 2.24) is 9.62 Å². The number of hydrogen-bond donors (Lipinski definition) is 1. The Balaban J connectivity index is 1.94. The van der Waals surface area contributed by atoms with Crippen LogP contribution in [-0.4, -0.2) is 55.0 Å². The van der Waals surface area contributed by atoms with Crippen molar-refractivity contribution in [2.45, 2.75) is 83.7 Å². The number of carbonyl (C=O) groups is 2. The van der Waals surface area contributed by atoms with Crippen LogP contribution in [0.4, 0.5) is 5.69 Å². The van der Waals surface area contributed by atoms with E-state index in [0.29, 0.717) is 5.69 Å². The van der Waals surface area contributed by atoms with E-state index in [4.69, 9.17) is 0 Å². The van der Waals surface area contributed by atoms with Gasteiger partial charge in [-0.25, -0.2) is 8.42 Å². The predicted octanol–water partition coefficient (Wildman–Crippen LogP) is 3.24. The minimum atomic E-state index is -3.61. The van der Waals surface area contributed by atoms with Gasteiger partial charge in [-0.15, -0.1) is 0 Å². The molecule has 1 aliphatic heterocycles. The van der Waals surface area contributed by atoms with E-state index < -0.39 is 15.6 Å². The van der Waals surface area contributed by atoms with Gasteiger partial charge in [0.25, 0.3) is 0 Å². The third-order valence-electron chi connectivity index (χ3n) is 6.83. The summed E-state index contributed by atoms with van der Waals surface area (Å²) in [5.74, 6) is -0.772. The second-order valence-electron chi connectivity index (χ2n) is 9.21. The van der Waals surface area contributed by atoms with Gasteiger partial charge in [-0.3, -0.25) is 14.5 Å². The van der Waals surface area contributed by atoms with Gasteiger partial charge in [-0.1, -0.05) is 51.2 Å². The van der Waals surface area contributed by atoms with Gasteiger partial charge >= 0.3 is 0 Å². The van der Waals surface area contributed by atoms with Gasteiger partial charge < -0.3 is 5.32 Å². The summed E-state index contributed by atoms with van der Waals surface area (Å²) in [5.41, 5.74) is 0.429. The number of piperazine rings is 1. The Hall–Kier alpha value is -1.93. The van der Waals surface area contributed by atoms with Crippen LogP contribution < -0.4 is 10.2 Å². The summed E-state index contributed by atoms with van der Waals surface area (Å²) in [6.45, 7) is 5.00. The number of rotatable bonds is 6. The van der Waals surface area contributed by atoms with Gasteiger partial charge in [-0.05, 0) is 50.8 Å². The first kappa shape index (κ1) is 24.7. The molecule has 0 spiro atoms. The summed E-state index contributed by atoms with van der Waals surface area (Å²) in [7, 11) is -3.61. The Morgan fingerprint density at radius 3 is 2.22 bits per heavy atom. The molecule has 1 aromatic carbocycles. The summed E-state index contributed by atoms with van der Waals surface area (Å²) in [6, 6.07) is 7.65. The zero-order valence-electron chi connectivity index (χ0n) is 19.6. The summed E-state index contributed by atoms with van der Waals surface area (Å²) >= 11 is 0. The van der Waals surface area contributed by atoms with Gasteiger partial charge in [0.2, 0.25) is 21.8 Å². The van der Waals surface area contributed by atoms with Crippen molar-refractivity contribution in [2.75, 3.05) is 23.7 Å². The van der Waals surface area contributed by atoms with E-state index in [1.165, 1.54) is 28.5 Å². The van der Waals surface area contributed by atoms with Gasteiger partial charge in [0, 0.05) is 18.3 Å². The average Bonchev–Trinajstić information content (AvgIpc) is 2.75. The molecule has 1 saturated carbocycles. The van der Waals surface area contributed by atoms with Gasteiger partial charge in [0.15, 0.2) is 0 Å². The molecule has 1 heterocycles. The van der Waals surface area contributed by atoms with Crippen LogP contribution in [0.5, 0.6) is 0 Å². The summed E-state index contributed by atoms with van der Waals surface area (Å²) in [6.07, 6.45) is 8.41. The number of sulfonamides is 1. The standard InChI is InChI=1S/C24H37N3O4S/c1-4-19-13-15-21(16-14-19)27-22(28)17-26(32(30,31)5-2)18-24(27,3)23(29)25-20-11-9-7-6-8-10-12-20/h13-16,20H,4-12,17-18H2,1-3H3,(H,25,29)/t24-/m1/s1. The normalized spacial score (nSPS) is 24.1. The quantitative estimate of drug-likeness (QED) is 0.702. The van der Waals surface area contributed by atoms with Gasteiger partial charge in [0.05, 0.1) is 12.3 Å². The number of benzene rings is 1. The van der Waals surface area contributed by atoms with Gasteiger partial charge in [-0.2, -0.15) is 4.31 Å². The van der Waals surface area contributed by atoms with Crippen molar-refractivity contribution < 1.29 is 18.0 Å². The molecule has 32 heavy (non-hydrogen) atoms. The van der Waals surface area contributed by atoms with Crippen molar-refractivity contribution in [1.29, 1.82) is 0 Å². The molecule has 1 aliphatic carbocycles. The lowest BCUT2D eigenvalue weighted by Gasteiger charge is -2.47. The monoisotopic (exact) mass is 463 g/mol. The SMILES string of the molecule is CCc1ccc(N2C(=O)CN(S(=O)(=O)CC)C[C@]2(C)C(=O)NC2CCCCCCC2)cc1. The molecule has 1 atom stereocenters. The lowest BCUT2D eigenvalue weighted by atomic mass is 9.92. The number of nitrogens with one attached hydrogen (secondary N) is 1. The van der Waals surface area contributed by atoms with Crippen molar-refractivity contribution >= 4 is 27.5 Å². The minimum absolute atomic E-state index is 0.0526. The molecule has 0 unspecified atom stereocenters. The lowest BCUT2D eigenvalue weighted by molar-refractivity contribution is -0.133. The van der Waals surface area contributed by atoms with E-state index in [1.54, 1.807) is 13.8 Å². The average molecular weight is 464 g/mol. The molecule has 1 saturated heterocycles. The van der Waals surface area contributed by atoms with E-state index in [9.17, 15) is 18.0 Å². The second-order valence-corrected chi connectivity index (χ2v) is 11.5. The van der Waals surface area contributed by atoms with Crippen LogP contribution in [0.1, 0.15) is 71.3 Å². The van der Waals surface area contributed by atoms with Crippen LogP contribution >= 0.6 is 0 Å². The van der Waals surface area contributed by atoms with Crippen molar-refractivity contribution in [3.63, 3.8) is 0 Å². The largest absolute Gasteiger partial charge is 0.351 e. The van der Waals surface area contributed by atoms with Crippen molar-refractivity contribution in [2.24, 2.45) is 0 Å². The number of amides is 2. The number of anilines is 1. The minimum Gasteiger partial charge on any atom is -0.351 e. The van der Waals surface area contributed by atoms with Crippen molar-refractivity contribution in [3.05, 3.63) is 29.8 Å². The topological polar surface area (TPSA) is 86.8 Å². The van der Waals surface area contributed by atoms with E-state index in [0.717, 1.165) is 37.7 Å². The Kier molecular flexibility index (Phi) is 7.98. The maximum Gasteiger partial charge on any atom is 0.247 e. The molecule has 1 N–H and O–H groups in total. The fourth-order valence-corrected chi connectivity index (χ4v) is 5.89. The maximum atomic E-state index is 13.7. The van der Waals surface area contributed by atoms with Crippen LogP contribution in [0.2, 0.25) is 0 Å². The van der Waals surface area contributed by atoms with Crippen molar-refractivity contribution in [3.8, 4) is 0 Å². The first-order valence-electron chi connectivity index (χ1n) is 11.9. The zero-order chi connectivity index (χ0) is 23.4. The number of aryl methyl sites for hydroxylation is 1. The Bertz CT molecular complexity index is 908. The highest BCUT2D eigenvalue weighted by atomic mass is 32.2. The molecular formula is C24H37N3O4S. The molecule has 3 rings (SSSR count). The molecule has 0 bridgehead atoms. The number of carbonyl (C=O) groups excluding carboxylic acids is 2. The third kappa shape index (κ3) is 5.34. The molecule has 2 aliphatic rings. The fraction of sp³-hybridized carbons (Fsp3) is 0.667. The zero-order valence-corrected chi connectivity index (χ0v) is 20.4. The molecule has 7 nitrogen and oxygen atoms in total. The molecule has 0 radical (unpaired) electrons. The third-order valence-corrected chi connectivity index (χ3v) is 8.60. The van der Waals surface area contributed by atoms with E-state index in [2.05, 4.69) is 12.2 Å². The van der Waals surface area contributed by atoms with Crippen LogP contribution in [0.15, 0.2) is 24.3 Å². The molecule has 2 fully saturated rings. The van der Waals surface area contributed by atoms with Crippen LogP contribution in [0.25, 0.3) is 0 Å². The molecule has 8 heteroatoms. The Morgan fingerprint density at radius 2 is 1.66 bits per heavy atom. The lowest BCUT2D eigenvalue weighted by Crippen LogP contribution is -2.71.